The standard InChI is InChI=1S/C9H8INO3/c1-5(12)11-8-3-2-6(10)4-7(8)9(13)14/h2-4H,1H3,(H,11,12)(H,13,14). The van der Waals surface area contributed by atoms with Crippen LogP contribution in [0.1, 0.15) is 17.3 Å². The highest BCUT2D eigenvalue weighted by atomic mass is 127. The highest BCUT2D eigenvalue weighted by Crippen LogP contribution is 2.18. The highest BCUT2D eigenvalue weighted by Gasteiger charge is 2.10. The molecule has 1 rings (SSSR count). The Morgan fingerprint density at radius 2 is 2.07 bits per heavy atom. The van der Waals surface area contributed by atoms with Gasteiger partial charge in [-0.1, -0.05) is 0 Å². The van der Waals surface area contributed by atoms with Crippen LogP contribution >= 0.6 is 22.6 Å². The molecule has 0 saturated carbocycles. The summed E-state index contributed by atoms with van der Waals surface area (Å²) in [6.07, 6.45) is 0. The number of carboxylic acid groups (broad SMARTS) is 1. The maximum atomic E-state index is 10.8. The van der Waals surface area contributed by atoms with E-state index in [1.54, 1.807) is 12.1 Å². The number of amides is 1. The van der Waals surface area contributed by atoms with Crippen molar-refractivity contribution in [2.24, 2.45) is 0 Å². The fourth-order valence-corrected chi connectivity index (χ4v) is 1.48. The van der Waals surface area contributed by atoms with E-state index in [1.807, 2.05) is 22.6 Å². The first-order chi connectivity index (χ1) is 6.50. The average Bonchev–Trinajstić information content (AvgIpc) is 2.07. The molecular formula is C9H8INO3. The molecule has 0 atom stereocenters. The molecule has 0 fully saturated rings. The molecule has 1 aromatic rings. The SMILES string of the molecule is CC(=O)Nc1ccc(I)cc1C(=O)O. The van der Waals surface area contributed by atoms with Crippen molar-refractivity contribution in [3.8, 4) is 0 Å². The smallest absolute Gasteiger partial charge is 0.337 e. The fourth-order valence-electron chi connectivity index (χ4n) is 0.992. The Hall–Kier alpha value is -1.11. The summed E-state index contributed by atoms with van der Waals surface area (Å²) in [4.78, 5) is 21.6. The van der Waals surface area contributed by atoms with Crippen LogP contribution in [0.5, 0.6) is 0 Å². The van der Waals surface area contributed by atoms with Gasteiger partial charge in [0.1, 0.15) is 0 Å². The fraction of sp³-hybridized carbons (Fsp3) is 0.111. The second-order valence-electron chi connectivity index (χ2n) is 2.68. The van der Waals surface area contributed by atoms with Crippen LogP contribution in [-0.2, 0) is 4.79 Å². The maximum Gasteiger partial charge on any atom is 0.337 e. The molecule has 2 N–H and O–H groups in total. The number of carboxylic acids is 1. The molecule has 5 heteroatoms. The van der Waals surface area contributed by atoms with Crippen molar-refractivity contribution >= 4 is 40.2 Å². The summed E-state index contributed by atoms with van der Waals surface area (Å²) in [6.45, 7) is 1.34. The van der Waals surface area contributed by atoms with Crippen LogP contribution in [-0.4, -0.2) is 17.0 Å². The second-order valence-corrected chi connectivity index (χ2v) is 3.92. The molecule has 0 bridgehead atoms. The van der Waals surface area contributed by atoms with Gasteiger partial charge in [0.15, 0.2) is 0 Å². The van der Waals surface area contributed by atoms with Gasteiger partial charge in [0.2, 0.25) is 5.91 Å². The summed E-state index contributed by atoms with van der Waals surface area (Å²) in [5, 5.41) is 11.3. The number of halogens is 1. The van der Waals surface area contributed by atoms with Gasteiger partial charge in [-0.25, -0.2) is 4.79 Å². The van der Waals surface area contributed by atoms with Crippen LogP contribution in [0.2, 0.25) is 0 Å². The molecule has 0 saturated heterocycles. The van der Waals surface area contributed by atoms with Crippen molar-refractivity contribution in [1.29, 1.82) is 0 Å². The third-order valence-corrected chi connectivity index (χ3v) is 2.19. The van der Waals surface area contributed by atoms with Gasteiger partial charge in [0.05, 0.1) is 11.3 Å². The lowest BCUT2D eigenvalue weighted by molar-refractivity contribution is -0.114. The summed E-state index contributed by atoms with van der Waals surface area (Å²) < 4.78 is 0.814. The van der Waals surface area contributed by atoms with Gasteiger partial charge in [-0.3, -0.25) is 4.79 Å². The van der Waals surface area contributed by atoms with Crippen LogP contribution in [0.4, 0.5) is 5.69 Å². The van der Waals surface area contributed by atoms with Crippen molar-refractivity contribution < 1.29 is 14.7 Å². The van der Waals surface area contributed by atoms with Crippen molar-refractivity contribution in [3.05, 3.63) is 27.3 Å². The zero-order valence-electron chi connectivity index (χ0n) is 7.37. The predicted octanol–water partition coefficient (Wildman–Crippen LogP) is 1.95. The Morgan fingerprint density at radius 1 is 1.43 bits per heavy atom. The number of nitrogens with one attached hydrogen (secondary N) is 1. The van der Waals surface area contributed by atoms with Gasteiger partial charge in [0.25, 0.3) is 0 Å². The predicted molar refractivity (Wildman–Crippen MR) is 60.4 cm³/mol. The molecule has 0 unspecified atom stereocenters. The zero-order chi connectivity index (χ0) is 10.7. The molecule has 1 aromatic carbocycles. The Labute approximate surface area is 94.5 Å². The molecule has 4 nitrogen and oxygen atoms in total. The number of carbonyl (C=O) groups excluding carboxylic acids is 1. The molecule has 14 heavy (non-hydrogen) atoms. The quantitative estimate of drug-likeness (QED) is 0.821. The molecule has 74 valence electrons. The van der Waals surface area contributed by atoms with Crippen LogP contribution in [0.25, 0.3) is 0 Å². The van der Waals surface area contributed by atoms with Crippen LogP contribution in [0.3, 0.4) is 0 Å². The minimum Gasteiger partial charge on any atom is -0.478 e. The molecule has 0 spiro atoms. The van der Waals surface area contributed by atoms with E-state index in [9.17, 15) is 9.59 Å². The van der Waals surface area contributed by atoms with E-state index in [1.165, 1.54) is 13.0 Å². The van der Waals surface area contributed by atoms with Crippen LogP contribution in [0, 0.1) is 3.57 Å². The molecule has 0 aromatic heterocycles. The number of carbonyl (C=O) groups is 2. The van der Waals surface area contributed by atoms with Gasteiger partial charge in [-0.05, 0) is 40.8 Å². The average molecular weight is 305 g/mol. The maximum absolute atomic E-state index is 10.8. The third kappa shape index (κ3) is 2.69. The van der Waals surface area contributed by atoms with Crippen LogP contribution in [0.15, 0.2) is 18.2 Å². The molecule has 0 aliphatic heterocycles. The van der Waals surface area contributed by atoms with E-state index >= 15 is 0 Å². The van der Waals surface area contributed by atoms with Crippen molar-refractivity contribution in [1.82, 2.24) is 0 Å². The summed E-state index contributed by atoms with van der Waals surface area (Å²) >= 11 is 2.01. The van der Waals surface area contributed by atoms with E-state index in [0.717, 1.165) is 3.57 Å². The van der Waals surface area contributed by atoms with Gasteiger partial charge >= 0.3 is 5.97 Å². The third-order valence-electron chi connectivity index (χ3n) is 1.52. The lowest BCUT2D eigenvalue weighted by Crippen LogP contribution is -2.10. The monoisotopic (exact) mass is 305 g/mol. The number of hydrogen-bond acceptors (Lipinski definition) is 2. The minimum atomic E-state index is -1.05. The first-order valence-electron chi connectivity index (χ1n) is 3.81. The molecule has 1 amide bonds. The second kappa shape index (κ2) is 4.41. The topological polar surface area (TPSA) is 66.4 Å². The van der Waals surface area contributed by atoms with Crippen molar-refractivity contribution in [3.63, 3.8) is 0 Å². The van der Waals surface area contributed by atoms with Gasteiger partial charge in [-0.15, -0.1) is 0 Å². The normalized spacial score (nSPS) is 9.57. The van der Waals surface area contributed by atoms with E-state index < -0.39 is 5.97 Å². The lowest BCUT2D eigenvalue weighted by atomic mass is 10.2. The minimum absolute atomic E-state index is 0.104. The van der Waals surface area contributed by atoms with E-state index in [0.29, 0.717) is 5.69 Å². The van der Waals surface area contributed by atoms with E-state index in [-0.39, 0.29) is 11.5 Å². The summed E-state index contributed by atoms with van der Waals surface area (Å²) in [7, 11) is 0. The molecule has 0 radical (unpaired) electrons. The largest absolute Gasteiger partial charge is 0.478 e. The van der Waals surface area contributed by atoms with Crippen molar-refractivity contribution in [2.45, 2.75) is 6.92 Å². The Bertz CT molecular complexity index is 390. The summed E-state index contributed by atoms with van der Waals surface area (Å²) in [5.74, 6) is -1.33. The molecule has 0 heterocycles. The lowest BCUT2D eigenvalue weighted by Gasteiger charge is -2.06. The zero-order valence-corrected chi connectivity index (χ0v) is 9.53. The number of aromatic carboxylic acids is 1. The van der Waals surface area contributed by atoms with Gasteiger partial charge < -0.3 is 10.4 Å². The summed E-state index contributed by atoms with van der Waals surface area (Å²) in [5.41, 5.74) is 0.428. The van der Waals surface area contributed by atoms with E-state index in [2.05, 4.69) is 5.32 Å². The Kier molecular flexibility index (Phi) is 3.45. The molecular weight excluding hydrogens is 297 g/mol. The van der Waals surface area contributed by atoms with Gasteiger partial charge in [0, 0.05) is 10.5 Å². The molecule has 0 aliphatic carbocycles. The van der Waals surface area contributed by atoms with Crippen LogP contribution < -0.4 is 5.32 Å². The molecule has 0 aliphatic rings. The first-order valence-corrected chi connectivity index (χ1v) is 4.89. The number of rotatable bonds is 2. The number of benzene rings is 1. The van der Waals surface area contributed by atoms with E-state index in [4.69, 9.17) is 5.11 Å². The Morgan fingerprint density at radius 3 is 2.57 bits per heavy atom. The summed E-state index contributed by atoms with van der Waals surface area (Å²) in [6, 6.07) is 4.82. The highest BCUT2D eigenvalue weighted by molar-refractivity contribution is 14.1. The number of anilines is 1. The Balaban J connectivity index is 3.14. The van der Waals surface area contributed by atoms with Gasteiger partial charge in [-0.2, -0.15) is 0 Å². The van der Waals surface area contributed by atoms with Crippen molar-refractivity contribution in [2.75, 3.05) is 5.32 Å². The number of hydrogen-bond donors (Lipinski definition) is 2. The first kappa shape index (κ1) is 11.0.